The van der Waals surface area contributed by atoms with Crippen LogP contribution in [-0.4, -0.2) is 30.3 Å². The van der Waals surface area contributed by atoms with Crippen LogP contribution in [0.2, 0.25) is 0 Å². The van der Waals surface area contributed by atoms with Crippen molar-refractivity contribution in [2.45, 2.75) is 19.3 Å². The third-order valence-electron chi connectivity index (χ3n) is 3.23. The largest absolute Gasteiger partial charge is 0.342 e. The second kappa shape index (κ2) is 5.69. The van der Waals surface area contributed by atoms with Gasteiger partial charge >= 0.3 is 0 Å². The summed E-state index contributed by atoms with van der Waals surface area (Å²) >= 11 is 0. The van der Waals surface area contributed by atoms with Gasteiger partial charge in [-0.05, 0) is 30.5 Å². The lowest BCUT2D eigenvalue weighted by molar-refractivity contribution is -0.115. The maximum absolute atomic E-state index is 12.2. The predicted octanol–water partition coefficient (Wildman–Crippen LogP) is 2.22. The van der Waals surface area contributed by atoms with E-state index in [0.29, 0.717) is 18.5 Å². The summed E-state index contributed by atoms with van der Waals surface area (Å²) in [6.45, 7) is 4.37. The average molecular weight is 258 g/mol. The van der Waals surface area contributed by atoms with Crippen LogP contribution in [-0.2, 0) is 11.2 Å². The lowest BCUT2D eigenvalue weighted by atomic mass is 10.1. The van der Waals surface area contributed by atoms with Gasteiger partial charge in [0.25, 0.3) is 5.91 Å². The van der Waals surface area contributed by atoms with E-state index in [2.05, 4.69) is 11.9 Å². The zero-order valence-electron chi connectivity index (χ0n) is 11.1. The van der Waals surface area contributed by atoms with Crippen LogP contribution >= 0.6 is 0 Å². The summed E-state index contributed by atoms with van der Waals surface area (Å²) in [5, 5.41) is 2.76. The first-order chi connectivity index (χ1) is 9.11. The maximum atomic E-state index is 12.2. The first-order valence-electron chi connectivity index (χ1n) is 6.41. The third kappa shape index (κ3) is 3.02. The average Bonchev–Trinajstić information content (AvgIpc) is 2.77. The van der Waals surface area contributed by atoms with Crippen LogP contribution < -0.4 is 5.32 Å². The number of hydrogen-bond acceptors (Lipinski definition) is 2. The van der Waals surface area contributed by atoms with Crippen LogP contribution in [0.1, 0.15) is 28.8 Å². The highest BCUT2D eigenvalue weighted by Crippen LogP contribution is 2.24. The van der Waals surface area contributed by atoms with E-state index < -0.39 is 0 Å². The minimum atomic E-state index is -0.0204. The number of carbonyl (C=O) groups is 2. The molecule has 0 unspecified atom stereocenters. The third-order valence-corrected chi connectivity index (χ3v) is 3.23. The summed E-state index contributed by atoms with van der Waals surface area (Å²) in [7, 11) is 1.79. The van der Waals surface area contributed by atoms with Crippen molar-refractivity contribution < 1.29 is 9.59 Å². The van der Waals surface area contributed by atoms with Gasteiger partial charge in [-0.3, -0.25) is 9.59 Å². The molecule has 1 N–H and O–H groups in total. The van der Waals surface area contributed by atoms with E-state index in [1.54, 1.807) is 24.1 Å². The number of rotatable bonds is 5. The molecule has 0 spiro atoms. The monoisotopic (exact) mass is 258 g/mol. The number of amides is 2. The number of anilines is 1. The van der Waals surface area contributed by atoms with E-state index in [1.165, 1.54) is 0 Å². The van der Waals surface area contributed by atoms with Gasteiger partial charge in [0.15, 0.2) is 0 Å². The van der Waals surface area contributed by atoms with E-state index in [9.17, 15) is 9.59 Å². The summed E-state index contributed by atoms with van der Waals surface area (Å²) < 4.78 is 0. The van der Waals surface area contributed by atoms with Gasteiger partial charge in [-0.1, -0.05) is 12.1 Å². The van der Waals surface area contributed by atoms with E-state index >= 15 is 0 Å². The minimum Gasteiger partial charge on any atom is -0.342 e. The highest BCUT2D eigenvalue weighted by molar-refractivity contribution is 6.02. The number of nitrogens with zero attached hydrogens (tertiary/aromatic N) is 1. The Hall–Kier alpha value is -2.10. The van der Waals surface area contributed by atoms with Crippen LogP contribution in [0.5, 0.6) is 0 Å². The Morgan fingerprint density at radius 3 is 3.05 bits per heavy atom. The SMILES string of the molecule is C=CCCCN(C)C(=O)c1ccc2c(c1)NC(=O)C2. The van der Waals surface area contributed by atoms with Crippen LogP contribution in [0, 0.1) is 0 Å². The van der Waals surface area contributed by atoms with E-state index in [4.69, 9.17) is 0 Å². The van der Waals surface area contributed by atoms with Gasteiger partial charge in [0.2, 0.25) is 5.91 Å². The molecule has 100 valence electrons. The molecule has 1 aliphatic rings. The zero-order chi connectivity index (χ0) is 13.8. The molecular weight excluding hydrogens is 240 g/mol. The highest BCUT2D eigenvalue weighted by atomic mass is 16.2. The van der Waals surface area contributed by atoms with Crippen molar-refractivity contribution in [3.05, 3.63) is 42.0 Å². The molecule has 2 rings (SSSR count). The van der Waals surface area contributed by atoms with Gasteiger partial charge in [-0.15, -0.1) is 6.58 Å². The van der Waals surface area contributed by atoms with Crippen molar-refractivity contribution in [3.8, 4) is 0 Å². The molecule has 1 aliphatic heterocycles. The van der Waals surface area contributed by atoms with Gasteiger partial charge < -0.3 is 10.2 Å². The quantitative estimate of drug-likeness (QED) is 0.650. The molecular formula is C15H18N2O2. The molecule has 4 heteroatoms. The first-order valence-corrected chi connectivity index (χ1v) is 6.41. The smallest absolute Gasteiger partial charge is 0.253 e. The summed E-state index contributed by atoms with van der Waals surface area (Å²) in [6.07, 6.45) is 4.06. The van der Waals surface area contributed by atoms with Crippen molar-refractivity contribution in [2.75, 3.05) is 18.9 Å². The second-order valence-corrected chi connectivity index (χ2v) is 4.75. The van der Waals surface area contributed by atoms with Crippen LogP contribution in [0.25, 0.3) is 0 Å². The summed E-state index contributed by atoms with van der Waals surface area (Å²) in [5.41, 5.74) is 2.33. The summed E-state index contributed by atoms with van der Waals surface area (Å²) in [5.74, 6) is -0.0352. The fraction of sp³-hybridized carbons (Fsp3) is 0.333. The Balaban J connectivity index is 2.05. The molecule has 0 saturated heterocycles. The van der Waals surface area contributed by atoms with Crippen LogP contribution in [0.4, 0.5) is 5.69 Å². The van der Waals surface area contributed by atoms with Gasteiger partial charge in [0.05, 0.1) is 6.42 Å². The van der Waals surface area contributed by atoms with Crippen molar-refractivity contribution in [3.63, 3.8) is 0 Å². The van der Waals surface area contributed by atoms with E-state index in [-0.39, 0.29) is 11.8 Å². The molecule has 4 nitrogen and oxygen atoms in total. The Labute approximate surface area is 113 Å². The standard InChI is InChI=1S/C15H18N2O2/c1-3-4-5-8-17(2)15(19)12-7-6-11-10-14(18)16-13(11)9-12/h3,6-7,9H,1,4-5,8,10H2,2H3,(H,16,18). The van der Waals surface area contributed by atoms with Crippen molar-refractivity contribution in [1.29, 1.82) is 0 Å². The molecule has 0 aliphatic carbocycles. The molecule has 19 heavy (non-hydrogen) atoms. The van der Waals surface area contributed by atoms with Gasteiger partial charge in [0.1, 0.15) is 0 Å². The molecule has 1 heterocycles. The Morgan fingerprint density at radius 2 is 2.32 bits per heavy atom. The van der Waals surface area contributed by atoms with Gasteiger partial charge in [-0.25, -0.2) is 0 Å². The number of hydrogen-bond donors (Lipinski definition) is 1. The number of allylic oxidation sites excluding steroid dienone is 1. The molecule has 0 fully saturated rings. The zero-order valence-corrected chi connectivity index (χ0v) is 11.1. The summed E-state index contributed by atoms with van der Waals surface area (Å²) in [4.78, 5) is 25.2. The Bertz CT molecular complexity index is 523. The number of nitrogens with one attached hydrogen (secondary N) is 1. The fourth-order valence-corrected chi connectivity index (χ4v) is 2.14. The second-order valence-electron chi connectivity index (χ2n) is 4.75. The van der Waals surface area contributed by atoms with E-state index in [1.807, 2.05) is 12.1 Å². The maximum Gasteiger partial charge on any atom is 0.253 e. The lowest BCUT2D eigenvalue weighted by Crippen LogP contribution is -2.27. The number of carbonyl (C=O) groups excluding carboxylic acids is 2. The van der Waals surface area contributed by atoms with Gasteiger partial charge in [0, 0.05) is 24.8 Å². The fourth-order valence-electron chi connectivity index (χ4n) is 2.14. The lowest BCUT2D eigenvalue weighted by Gasteiger charge is -2.17. The topological polar surface area (TPSA) is 49.4 Å². The highest BCUT2D eigenvalue weighted by Gasteiger charge is 2.20. The molecule has 1 aromatic rings. The number of benzene rings is 1. The predicted molar refractivity (Wildman–Crippen MR) is 75.2 cm³/mol. The van der Waals surface area contributed by atoms with Crippen LogP contribution in [0.3, 0.4) is 0 Å². The molecule has 0 bridgehead atoms. The number of fused-ring (bicyclic) bond motifs is 1. The number of unbranched alkanes of at least 4 members (excludes halogenated alkanes) is 1. The molecule has 1 aromatic carbocycles. The molecule has 0 saturated carbocycles. The molecule has 0 aromatic heterocycles. The van der Waals surface area contributed by atoms with Crippen LogP contribution in [0.15, 0.2) is 30.9 Å². The van der Waals surface area contributed by atoms with Crippen molar-refractivity contribution >= 4 is 17.5 Å². The van der Waals surface area contributed by atoms with Gasteiger partial charge in [-0.2, -0.15) is 0 Å². The minimum absolute atomic E-state index is 0.0149. The molecule has 2 amide bonds. The Kier molecular flexibility index (Phi) is 4.00. The molecule has 0 radical (unpaired) electrons. The normalized spacial score (nSPS) is 12.8. The van der Waals surface area contributed by atoms with Crippen molar-refractivity contribution in [2.24, 2.45) is 0 Å². The Morgan fingerprint density at radius 1 is 1.53 bits per heavy atom. The first kappa shape index (κ1) is 13.3. The van der Waals surface area contributed by atoms with E-state index in [0.717, 1.165) is 24.1 Å². The molecule has 0 atom stereocenters. The van der Waals surface area contributed by atoms with Crippen molar-refractivity contribution in [1.82, 2.24) is 4.90 Å². The summed E-state index contributed by atoms with van der Waals surface area (Å²) in [6, 6.07) is 5.38.